The van der Waals surface area contributed by atoms with Crippen molar-refractivity contribution < 1.29 is 4.79 Å². The van der Waals surface area contributed by atoms with Crippen LogP contribution in [0.15, 0.2) is 23.0 Å². The smallest absolute Gasteiger partial charge is 0.251 e. The minimum Gasteiger partial charge on any atom is -0.369 e. The first kappa shape index (κ1) is 24.2. The van der Waals surface area contributed by atoms with E-state index < -0.39 is 0 Å². The first-order chi connectivity index (χ1) is 15.2. The lowest BCUT2D eigenvalue weighted by Gasteiger charge is -2.37. The number of nitrogens with zero attached hydrogens (tertiary/aromatic N) is 1. The third-order valence-corrected chi connectivity index (χ3v) is 6.89. The predicted octanol–water partition coefficient (Wildman–Crippen LogP) is 4.35. The number of anilines is 1. The molecule has 0 radical (unpaired) electrons. The normalized spacial score (nSPS) is 14.3. The fourth-order valence-electron chi connectivity index (χ4n) is 4.97. The molecule has 1 aromatic heterocycles. The van der Waals surface area contributed by atoms with Gasteiger partial charge in [0.2, 0.25) is 0 Å². The highest BCUT2D eigenvalue weighted by molar-refractivity contribution is 6.71. The molecule has 2 N–H and O–H groups in total. The Bertz CT molecular complexity index is 1020. The highest BCUT2D eigenvalue weighted by Gasteiger charge is 2.25. The average Bonchev–Trinajstić information content (AvgIpc) is 2.75. The second kappa shape index (κ2) is 10.4. The van der Waals surface area contributed by atoms with Crippen LogP contribution >= 0.6 is 0 Å². The molecule has 172 valence electrons. The zero-order valence-electron chi connectivity index (χ0n) is 20.6. The van der Waals surface area contributed by atoms with Crippen molar-refractivity contribution in [3.05, 3.63) is 56.5 Å². The summed E-state index contributed by atoms with van der Waals surface area (Å²) in [7, 11) is 0. The molecule has 1 aliphatic carbocycles. The fourth-order valence-corrected chi connectivity index (χ4v) is 4.97. The topological polar surface area (TPSA) is 65.2 Å². The van der Waals surface area contributed by atoms with E-state index in [9.17, 15) is 9.59 Å². The molecule has 0 atom stereocenters. The molecule has 1 saturated carbocycles. The van der Waals surface area contributed by atoms with E-state index >= 15 is 0 Å². The quantitative estimate of drug-likeness (QED) is 0.636. The van der Waals surface area contributed by atoms with Crippen molar-refractivity contribution in [3.63, 3.8) is 0 Å². The molecule has 0 bridgehead atoms. The number of aryl methyl sites for hydroxylation is 2. The molecular weight excluding hydrogens is 397 g/mol. The number of benzene rings is 1. The minimum absolute atomic E-state index is 0.0400. The maximum Gasteiger partial charge on any atom is 0.251 e. The second-order valence-electron chi connectivity index (χ2n) is 9.55. The SMILES string of the molecule is CCN(c1cc(B(C)C)cc(C(=O)NCc2c(C)[nH]c(C)cc2=O)c1C)C1CCCCC1. The van der Waals surface area contributed by atoms with Crippen molar-refractivity contribution in [1.29, 1.82) is 0 Å². The Morgan fingerprint density at radius 1 is 1.12 bits per heavy atom. The summed E-state index contributed by atoms with van der Waals surface area (Å²) < 4.78 is 0. The van der Waals surface area contributed by atoms with Crippen LogP contribution in [0.4, 0.5) is 5.69 Å². The molecule has 6 heteroatoms. The molecule has 0 saturated heterocycles. The van der Waals surface area contributed by atoms with Gasteiger partial charge in [-0.25, -0.2) is 0 Å². The summed E-state index contributed by atoms with van der Waals surface area (Å²) in [4.78, 5) is 31.4. The standard InChI is InChI=1S/C26H38BN3O2/c1-7-30(21-11-9-8-10-12-21)24-15-20(27(5)6)14-22(18(24)3)26(32)28-16-23-19(4)29-17(2)13-25(23)31/h13-15,21H,7-12,16H2,1-6H3,(H,28,32)(H,29,31). The summed E-state index contributed by atoms with van der Waals surface area (Å²) in [6.07, 6.45) is 6.32. The van der Waals surface area contributed by atoms with E-state index in [1.807, 2.05) is 19.9 Å². The molecule has 0 aliphatic heterocycles. The van der Waals surface area contributed by atoms with Crippen LogP contribution in [0.25, 0.3) is 0 Å². The van der Waals surface area contributed by atoms with Gasteiger partial charge < -0.3 is 15.2 Å². The molecule has 1 fully saturated rings. The molecule has 5 nitrogen and oxygen atoms in total. The van der Waals surface area contributed by atoms with Crippen LogP contribution in [0.1, 0.15) is 71.9 Å². The zero-order chi connectivity index (χ0) is 23.4. The van der Waals surface area contributed by atoms with Gasteiger partial charge in [-0.2, -0.15) is 0 Å². The Kier molecular flexibility index (Phi) is 7.86. The fraction of sp³-hybridized carbons (Fsp3) is 0.538. The van der Waals surface area contributed by atoms with Crippen LogP contribution in [0.3, 0.4) is 0 Å². The van der Waals surface area contributed by atoms with Gasteiger partial charge in [-0.15, -0.1) is 0 Å². The molecule has 3 rings (SSSR count). The summed E-state index contributed by atoms with van der Waals surface area (Å²) in [5.74, 6) is -0.120. The predicted molar refractivity (Wildman–Crippen MR) is 136 cm³/mol. The van der Waals surface area contributed by atoms with Crippen molar-refractivity contribution in [2.75, 3.05) is 11.4 Å². The van der Waals surface area contributed by atoms with E-state index in [0.717, 1.165) is 23.5 Å². The van der Waals surface area contributed by atoms with Crippen LogP contribution in [-0.4, -0.2) is 30.2 Å². The summed E-state index contributed by atoms with van der Waals surface area (Å²) in [5.41, 5.74) is 6.29. The summed E-state index contributed by atoms with van der Waals surface area (Å²) in [6.45, 7) is 13.8. The third kappa shape index (κ3) is 5.28. The molecule has 1 aromatic carbocycles. The Hall–Kier alpha value is -2.50. The largest absolute Gasteiger partial charge is 0.369 e. The number of H-pyrrole nitrogens is 1. The number of amides is 1. The summed E-state index contributed by atoms with van der Waals surface area (Å²) in [6, 6.07) is 6.43. The molecule has 32 heavy (non-hydrogen) atoms. The summed E-state index contributed by atoms with van der Waals surface area (Å²) >= 11 is 0. The van der Waals surface area contributed by atoms with E-state index in [1.54, 1.807) is 6.07 Å². The van der Waals surface area contributed by atoms with Crippen LogP contribution in [0.5, 0.6) is 0 Å². The number of hydrogen-bond donors (Lipinski definition) is 2. The van der Waals surface area contributed by atoms with Crippen LogP contribution in [-0.2, 0) is 6.54 Å². The van der Waals surface area contributed by atoms with Gasteiger partial charge in [-0.3, -0.25) is 9.59 Å². The van der Waals surface area contributed by atoms with Crippen molar-refractivity contribution in [3.8, 4) is 0 Å². The Morgan fingerprint density at radius 2 is 1.81 bits per heavy atom. The van der Waals surface area contributed by atoms with Gasteiger partial charge >= 0.3 is 0 Å². The lowest BCUT2D eigenvalue weighted by Crippen LogP contribution is -2.39. The molecule has 1 heterocycles. The number of hydrogen-bond acceptors (Lipinski definition) is 3. The number of aromatic nitrogens is 1. The maximum absolute atomic E-state index is 13.3. The van der Waals surface area contributed by atoms with E-state index in [0.29, 0.717) is 23.9 Å². The lowest BCUT2D eigenvalue weighted by molar-refractivity contribution is 0.0950. The third-order valence-electron chi connectivity index (χ3n) is 6.89. The summed E-state index contributed by atoms with van der Waals surface area (Å²) in [5, 5.41) is 3.01. The van der Waals surface area contributed by atoms with E-state index in [4.69, 9.17) is 0 Å². The monoisotopic (exact) mass is 435 g/mol. The van der Waals surface area contributed by atoms with Crippen LogP contribution in [0, 0.1) is 20.8 Å². The van der Waals surface area contributed by atoms with Crippen LogP contribution in [0.2, 0.25) is 13.6 Å². The van der Waals surface area contributed by atoms with Gasteiger partial charge in [0.15, 0.2) is 12.1 Å². The van der Waals surface area contributed by atoms with Gasteiger partial charge in [0.1, 0.15) is 0 Å². The number of rotatable bonds is 7. The Morgan fingerprint density at radius 3 is 2.41 bits per heavy atom. The van der Waals surface area contributed by atoms with Gasteiger partial charge in [0.25, 0.3) is 5.91 Å². The van der Waals surface area contributed by atoms with Gasteiger partial charge in [0, 0.05) is 53.4 Å². The minimum atomic E-state index is -0.120. The first-order valence-corrected chi connectivity index (χ1v) is 12.1. The van der Waals surface area contributed by atoms with Gasteiger partial charge in [-0.05, 0) is 52.2 Å². The highest BCUT2D eigenvalue weighted by atomic mass is 16.1. The number of pyridine rings is 1. The molecule has 2 aromatic rings. The van der Waals surface area contributed by atoms with Crippen molar-refractivity contribution >= 4 is 23.8 Å². The van der Waals surface area contributed by atoms with Crippen molar-refractivity contribution in [2.45, 2.75) is 86.0 Å². The number of nitrogens with one attached hydrogen (secondary N) is 2. The van der Waals surface area contributed by atoms with Crippen molar-refractivity contribution in [2.24, 2.45) is 0 Å². The molecule has 0 unspecified atom stereocenters. The maximum atomic E-state index is 13.3. The van der Waals surface area contributed by atoms with E-state index in [-0.39, 0.29) is 17.9 Å². The Labute approximate surface area is 193 Å². The molecule has 0 spiro atoms. The van der Waals surface area contributed by atoms with Crippen LogP contribution < -0.4 is 21.1 Å². The highest BCUT2D eigenvalue weighted by Crippen LogP contribution is 2.30. The number of aromatic amines is 1. The second-order valence-corrected chi connectivity index (χ2v) is 9.55. The Balaban J connectivity index is 1.93. The number of carbonyl (C=O) groups excluding carboxylic acids is 1. The average molecular weight is 435 g/mol. The molecule has 1 aliphatic rings. The lowest BCUT2D eigenvalue weighted by atomic mass is 9.49. The van der Waals surface area contributed by atoms with Gasteiger partial charge in [-0.1, -0.05) is 44.4 Å². The van der Waals surface area contributed by atoms with E-state index in [1.165, 1.54) is 43.3 Å². The first-order valence-electron chi connectivity index (χ1n) is 12.1. The van der Waals surface area contributed by atoms with E-state index in [2.05, 4.69) is 48.8 Å². The zero-order valence-corrected chi connectivity index (χ0v) is 20.6. The molecular formula is C26H38BN3O2. The van der Waals surface area contributed by atoms with Crippen molar-refractivity contribution in [1.82, 2.24) is 10.3 Å². The van der Waals surface area contributed by atoms with Gasteiger partial charge in [0.05, 0.1) is 0 Å². The number of carbonyl (C=O) groups is 1. The molecule has 1 amide bonds.